The van der Waals surface area contributed by atoms with E-state index in [-0.39, 0.29) is 23.9 Å². The van der Waals surface area contributed by atoms with E-state index in [1.807, 2.05) is 6.07 Å². The third-order valence-electron chi connectivity index (χ3n) is 7.66. The highest BCUT2D eigenvalue weighted by atomic mass is 16.7. The van der Waals surface area contributed by atoms with Crippen molar-refractivity contribution in [2.45, 2.75) is 37.4 Å². The predicted octanol–water partition coefficient (Wildman–Crippen LogP) is 5.93. The van der Waals surface area contributed by atoms with Crippen LogP contribution in [0.4, 0.5) is 5.69 Å². The molecule has 2 atom stereocenters. The third kappa shape index (κ3) is 5.16. The van der Waals surface area contributed by atoms with Gasteiger partial charge in [0.1, 0.15) is 11.5 Å². The standard InChI is InChI=1S/C30H35NO4/c1-33-29(34-2)18-21-14-16-31(17-15-21)24-10-8-23(9-11-24)30-26-13-12-25(32)19-28(26)35-20-27(30)22-6-4-3-5-7-22/h3-13,19,21,27,29-30,32H,14-18,20H2,1-2H3/t27-,30?/m1/s1. The zero-order valence-electron chi connectivity index (χ0n) is 20.6. The van der Waals surface area contributed by atoms with Gasteiger partial charge in [0.2, 0.25) is 0 Å². The molecule has 3 aromatic rings. The fourth-order valence-electron chi connectivity index (χ4n) is 5.68. The number of phenolic OH excluding ortho intramolecular Hbond substituents is 1. The van der Waals surface area contributed by atoms with Gasteiger partial charge in [-0.1, -0.05) is 48.5 Å². The Balaban J connectivity index is 1.35. The second-order valence-electron chi connectivity index (χ2n) is 9.69. The minimum absolute atomic E-state index is 0.104. The first-order chi connectivity index (χ1) is 17.2. The number of fused-ring (bicyclic) bond motifs is 1. The number of ether oxygens (including phenoxy) is 3. The molecule has 2 aliphatic heterocycles. The maximum Gasteiger partial charge on any atom is 0.157 e. The second-order valence-corrected chi connectivity index (χ2v) is 9.69. The molecule has 0 aromatic heterocycles. The number of anilines is 1. The maximum atomic E-state index is 10.0. The maximum absolute atomic E-state index is 10.0. The highest BCUT2D eigenvalue weighted by molar-refractivity contribution is 5.54. The van der Waals surface area contributed by atoms with Gasteiger partial charge in [-0.25, -0.2) is 0 Å². The smallest absolute Gasteiger partial charge is 0.157 e. The Morgan fingerprint density at radius 3 is 2.31 bits per heavy atom. The SMILES string of the molecule is COC(CC1CCN(c2ccc(C3c4ccc(O)cc4OC[C@@H]3c3ccccc3)cc2)CC1)OC. The van der Waals surface area contributed by atoms with Crippen molar-refractivity contribution >= 4 is 5.69 Å². The van der Waals surface area contributed by atoms with Crippen LogP contribution in [0.25, 0.3) is 0 Å². The number of piperidine rings is 1. The van der Waals surface area contributed by atoms with Crippen LogP contribution in [-0.4, -0.2) is 45.3 Å². The Kier molecular flexibility index (Phi) is 7.26. The van der Waals surface area contributed by atoms with E-state index in [9.17, 15) is 5.11 Å². The van der Waals surface area contributed by atoms with Crippen LogP contribution >= 0.6 is 0 Å². The number of rotatable bonds is 7. The molecule has 0 saturated carbocycles. The van der Waals surface area contributed by atoms with Crippen LogP contribution < -0.4 is 9.64 Å². The number of benzene rings is 3. The molecule has 5 rings (SSSR count). The van der Waals surface area contributed by atoms with Gasteiger partial charge < -0.3 is 24.2 Å². The predicted molar refractivity (Wildman–Crippen MR) is 138 cm³/mol. The average Bonchev–Trinajstić information content (AvgIpc) is 2.92. The Morgan fingerprint density at radius 2 is 1.63 bits per heavy atom. The molecule has 3 aromatic carbocycles. The van der Waals surface area contributed by atoms with Gasteiger partial charge in [0.15, 0.2) is 6.29 Å². The van der Waals surface area contributed by atoms with E-state index in [1.54, 1.807) is 26.4 Å². The largest absolute Gasteiger partial charge is 0.508 e. The lowest BCUT2D eigenvalue weighted by Gasteiger charge is -2.36. The first-order valence-corrected chi connectivity index (χ1v) is 12.6. The average molecular weight is 474 g/mol. The Hall–Kier alpha value is -3.02. The molecule has 0 bridgehead atoms. The monoisotopic (exact) mass is 473 g/mol. The van der Waals surface area contributed by atoms with Crippen molar-refractivity contribution < 1.29 is 19.3 Å². The number of hydrogen-bond acceptors (Lipinski definition) is 5. The lowest BCUT2D eigenvalue weighted by molar-refractivity contribution is -0.115. The van der Waals surface area contributed by atoms with Gasteiger partial charge in [-0.3, -0.25) is 0 Å². The summed E-state index contributed by atoms with van der Waals surface area (Å²) in [6.07, 6.45) is 3.16. The van der Waals surface area contributed by atoms with Gasteiger partial charge in [0.05, 0.1) is 6.61 Å². The van der Waals surface area contributed by atoms with Gasteiger partial charge in [-0.05, 0) is 48.1 Å². The summed E-state index contributed by atoms with van der Waals surface area (Å²) in [5.74, 6) is 2.03. The molecule has 184 valence electrons. The van der Waals surface area contributed by atoms with Gasteiger partial charge in [0, 0.05) is 62.9 Å². The van der Waals surface area contributed by atoms with Crippen molar-refractivity contribution in [1.82, 2.24) is 0 Å². The van der Waals surface area contributed by atoms with Gasteiger partial charge in [0.25, 0.3) is 0 Å². The van der Waals surface area contributed by atoms with E-state index >= 15 is 0 Å². The minimum atomic E-state index is -0.104. The first kappa shape index (κ1) is 23.7. The van der Waals surface area contributed by atoms with Crippen LogP contribution in [0.2, 0.25) is 0 Å². The molecule has 0 amide bonds. The molecule has 1 fully saturated rings. The van der Waals surface area contributed by atoms with E-state index in [4.69, 9.17) is 14.2 Å². The van der Waals surface area contributed by atoms with Crippen molar-refractivity contribution in [3.05, 3.63) is 89.5 Å². The summed E-state index contributed by atoms with van der Waals surface area (Å²) in [6, 6.07) is 25.2. The first-order valence-electron chi connectivity index (χ1n) is 12.6. The number of phenols is 1. The Bertz CT molecular complexity index is 1090. The van der Waals surface area contributed by atoms with Gasteiger partial charge in [-0.2, -0.15) is 0 Å². The fourth-order valence-corrected chi connectivity index (χ4v) is 5.68. The molecule has 0 aliphatic carbocycles. The number of aromatic hydroxyl groups is 1. The molecular weight excluding hydrogens is 438 g/mol. The molecule has 5 heteroatoms. The molecule has 1 unspecified atom stereocenters. The highest BCUT2D eigenvalue weighted by Gasteiger charge is 2.33. The minimum Gasteiger partial charge on any atom is -0.508 e. The molecule has 1 saturated heterocycles. The summed E-state index contributed by atoms with van der Waals surface area (Å²) in [5.41, 5.74) is 4.95. The quantitative estimate of drug-likeness (QED) is 0.431. The fraction of sp³-hybridized carbons (Fsp3) is 0.400. The number of methoxy groups -OCH3 is 2. The molecule has 5 nitrogen and oxygen atoms in total. The lowest BCUT2D eigenvalue weighted by atomic mass is 9.76. The van der Waals surface area contributed by atoms with Crippen LogP contribution in [0, 0.1) is 5.92 Å². The number of hydrogen-bond donors (Lipinski definition) is 1. The van der Waals surface area contributed by atoms with E-state index in [2.05, 4.69) is 59.5 Å². The van der Waals surface area contributed by atoms with E-state index in [0.29, 0.717) is 12.5 Å². The van der Waals surface area contributed by atoms with Gasteiger partial charge >= 0.3 is 0 Å². The summed E-state index contributed by atoms with van der Waals surface area (Å²) in [6.45, 7) is 2.69. The van der Waals surface area contributed by atoms with Crippen molar-refractivity contribution in [3.8, 4) is 11.5 Å². The van der Waals surface area contributed by atoms with E-state index in [1.165, 1.54) is 16.8 Å². The van der Waals surface area contributed by atoms with Crippen LogP contribution in [0.5, 0.6) is 11.5 Å². The van der Waals surface area contributed by atoms with Crippen molar-refractivity contribution in [3.63, 3.8) is 0 Å². The molecule has 0 spiro atoms. The van der Waals surface area contributed by atoms with Crippen molar-refractivity contribution in [1.29, 1.82) is 0 Å². The molecule has 2 heterocycles. The van der Waals surface area contributed by atoms with Crippen LogP contribution in [-0.2, 0) is 9.47 Å². The van der Waals surface area contributed by atoms with Crippen molar-refractivity contribution in [2.24, 2.45) is 5.92 Å². The Labute approximate surface area is 208 Å². The number of nitrogens with zero attached hydrogens (tertiary/aromatic N) is 1. The second kappa shape index (κ2) is 10.7. The molecule has 0 radical (unpaired) electrons. The van der Waals surface area contributed by atoms with Crippen LogP contribution in [0.3, 0.4) is 0 Å². The van der Waals surface area contributed by atoms with E-state index < -0.39 is 0 Å². The summed E-state index contributed by atoms with van der Waals surface area (Å²) >= 11 is 0. The summed E-state index contributed by atoms with van der Waals surface area (Å²) < 4.78 is 16.9. The van der Waals surface area contributed by atoms with Gasteiger partial charge in [-0.15, -0.1) is 0 Å². The highest BCUT2D eigenvalue weighted by Crippen LogP contribution is 2.47. The topological polar surface area (TPSA) is 51.2 Å². The third-order valence-corrected chi connectivity index (χ3v) is 7.66. The molecular formula is C30H35NO4. The zero-order chi connectivity index (χ0) is 24.2. The molecule has 35 heavy (non-hydrogen) atoms. The normalized spacial score (nSPS) is 20.5. The van der Waals surface area contributed by atoms with E-state index in [0.717, 1.165) is 43.7 Å². The summed E-state index contributed by atoms with van der Waals surface area (Å²) in [5, 5.41) is 10.0. The van der Waals surface area contributed by atoms with Crippen LogP contribution in [0.15, 0.2) is 72.8 Å². The Morgan fingerprint density at radius 1 is 0.914 bits per heavy atom. The molecule has 1 N–H and O–H groups in total. The zero-order valence-corrected chi connectivity index (χ0v) is 20.6. The lowest BCUT2D eigenvalue weighted by Crippen LogP contribution is -2.35. The summed E-state index contributed by atoms with van der Waals surface area (Å²) in [4.78, 5) is 2.49. The summed E-state index contributed by atoms with van der Waals surface area (Å²) in [7, 11) is 3.43. The molecule has 2 aliphatic rings. The van der Waals surface area contributed by atoms with Crippen LogP contribution in [0.1, 0.15) is 47.8 Å². The van der Waals surface area contributed by atoms with Crippen molar-refractivity contribution in [2.75, 3.05) is 38.8 Å².